The van der Waals surface area contributed by atoms with E-state index in [4.69, 9.17) is 9.31 Å². The van der Waals surface area contributed by atoms with Gasteiger partial charge in [-0.2, -0.15) is 15.3 Å². The summed E-state index contributed by atoms with van der Waals surface area (Å²) in [5.74, 6) is 0. The molecule has 2 aromatic heterocycles. The monoisotopic (exact) mass is 300 g/mol. The molecule has 0 amide bonds. The van der Waals surface area contributed by atoms with Crippen molar-refractivity contribution in [1.82, 2.24) is 20.0 Å². The molecule has 3 rings (SSSR count). The molecule has 0 N–H and O–H groups in total. The van der Waals surface area contributed by atoms with Gasteiger partial charge in [0.05, 0.1) is 35.0 Å². The summed E-state index contributed by atoms with van der Waals surface area (Å²) >= 11 is 0. The molecule has 7 heteroatoms. The Hall–Kier alpha value is -1.73. The van der Waals surface area contributed by atoms with Crippen LogP contribution < -0.4 is 5.46 Å². The predicted molar refractivity (Wildman–Crippen MR) is 84.3 cm³/mol. The minimum absolute atomic E-state index is 0.364. The zero-order chi connectivity index (χ0) is 16.1. The van der Waals surface area contributed by atoms with Crippen molar-refractivity contribution in [3.8, 4) is 5.69 Å². The summed E-state index contributed by atoms with van der Waals surface area (Å²) < 4.78 is 14.2. The van der Waals surface area contributed by atoms with Crippen molar-refractivity contribution < 1.29 is 9.31 Å². The molecule has 1 fully saturated rings. The summed E-state index contributed by atoms with van der Waals surface area (Å²) in [7, 11) is -0.409. The van der Waals surface area contributed by atoms with Gasteiger partial charge in [0.25, 0.3) is 0 Å². The van der Waals surface area contributed by atoms with Gasteiger partial charge in [-0.1, -0.05) is 0 Å². The Balaban J connectivity index is 2.02. The maximum Gasteiger partial charge on any atom is 0.498 e. The van der Waals surface area contributed by atoms with E-state index in [9.17, 15) is 0 Å². The Bertz CT molecular complexity index is 681. The van der Waals surface area contributed by atoms with E-state index >= 15 is 0 Å². The normalized spacial score (nSPS) is 19.6. The number of rotatable bonds is 2. The first-order valence-corrected chi connectivity index (χ1v) is 7.42. The highest BCUT2D eigenvalue weighted by atomic mass is 16.7. The number of hydrogen-bond acceptors (Lipinski definition) is 5. The topological polar surface area (TPSA) is 62.1 Å². The maximum absolute atomic E-state index is 6.16. The van der Waals surface area contributed by atoms with Crippen molar-refractivity contribution in [2.45, 2.75) is 52.7 Å². The van der Waals surface area contributed by atoms with Crippen LogP contribution in [-0.2, 0) is 9.31 Å². The van der Waals surface area contributed by atoms with Gasteiger partial charge in [-0.05, 0) is 47.6 Å². The minimum Gasteiger partial charge on any atom is -0.399 e. The molecule has 1 aliphatic heterocycles. The molecule has 1 saturated heterocycles. The van der Waals surface area contributed by atoms with E-state index in [1.165, 1.54) is 0 Å². The first-order valence-electron chi connectivity index (χ1n) is 7.42. The third-order valence-electron chi connectivity index (χ3n) is 4.65. The zero-order valence-corrected chi connectivity index (χ0v) is 13.9. The zero-order valence-electron chi connectivity index (χ0n) is 13.9. The SMILES string of the molecule is Cc1nn(-c2ccnnc2)c(C)c1B1OC(C)(C)C(C)(C)O1. The van der Waals surface area contributed by atoms with E-state index in [0.29, 0.717) is 0 Å². The second kappa shape index (κ2) is 4.89. The molecule has 22 heavy (non-hydrogen) atoms. The van der Waals surface area contributed by atoms with E-state index in [1.807, 2.05) is 24.6 Å². The summed E-state index contributed by atoms with van der Waals surface area (Å²) in [6.45, 7) is 12.2. The van der Waals surface area contributed by atoms with Crippen LogP contribution in [0, 0.1) is 13.8 Å². The van der Waals surface area contributed by atoms with Gasteiger partial charge in [-0.3, -0.25) is 0 Å². The fraction of sp³-hybridized carbons (Fsp3) is 0.533. The van der Waals surface area contributed by atoms with Gasteiger partial charge in [-0.25, -0.2) is 4.68 Å². The first kappa shape index (κ1) is 15.2. The number of hydrogen-bond donors (Lipinski definition) is 0. The molecular weight excluding hydrogens is 279 g/mol. The quantitative estimate of drug-likeness (QED) is 0.788. The van der Waals surface area contributed by atoms with Crippen LogP contribution in [0.4, 0.5) is 0 Å². The largest absolute Gasteiger partial charge is 0.498 e. The minimum atomic E-state index is -0.409. The van der Waals surface area contributed by atoms with Crippen molar-refractivity contribution in [3.05, 3.63) is 29.8 Å². The van der Waals surface area contributed by atoms with Gasteiger partial charge in [0.2, 0.25) is 0 Å². The molecule has 0 unspecified atom stereocenters. The Morgan fingerprint density at radius 2 is 1.68 bits per heavy atom. The summed E-state index contributed by atoms with van der Waals surface area (Å²) in [6.07, 6.45) is 3.34. The van der Waals surface area contributed by atoms with E-state index in [2.05, 4.69) is 43.0 Å². The van der Waals surface area contributed by atoms with Crippen LogP contribution >= 0.6 is 0 Å². The van der Waals surface area contributed by atoms with Crippen LogP contribution in [0.25, 0.3) is 5.69 Å². The Labute approximate surface area is 131 Å². The summed E-state index contributed by atoms with van der Waals surface area (Å²) in [5.41, 5.74) is 3.01. The molecular formula is C15H21BN4O2. The van der Waals surface area contributed by atoms with E-state index < -0.39 is 7.12 Å². The molecule has 116 valence electrons. The fourth-order valence-corrected chi connectivity index (χ4v) is 2.62. The van der Waals surface area contributed by atoms with Crippen molar-refractivity contribution in [2.75, 3.05) is 0 Å². The van der Waals surface area contributed by atoms with Crippen molar-refractivity contribution >= 4 is 12.6 Å². The van der Waals surface area contributed by atoms with Gasteiger partial charge in [-0.15, -0.1) is 0 Å². The maximum atomic E-state index is 6.16. The Morgan fingerprint density at radius 3 is 2.23 bits per heavy atom. The fourth-order valence-electron chi connectivity index (χ4n) is 2.62. The van der Waals surface area contributed by atoms with Gasteiger partial charge < -0.3 is 9.31 Å². The standard InChI is InChI=1S/C15H21BN4O2/c1-10-13(16-21-14(3,4)15(5,6)22-16)11(2)20(19-10)12-7-8-17-18-9-12/h7-9H,1-6H3. The average molecular weight is 300 g/mol. The number of aryl methyl sites for hydroxylation is 1. The van der Waals surface area contributed by atoms with Crippen LogP contribution in [0.2, 0.25) is 0 Å². The van der Waals surface area contributed by atoms with Crippen LogP contribution in [0.3, 0.4) is 0 Å². The molecule has 0 aliphatic carbocycles. The molecule has 6 nitrogen and oxygen atoms in total. The Morgan fingerprint density at radius 1 is 1.05 bits per heavy atom. The number of nitrogens with zero attached hydrogens (tertiary/aromatic N) is 4. The molecule has 2 aromatic rings. The third kappa shape index (κ3) is 2.25. The molecule has 0 bridgehead atoms. The molecule has 0 atom stereocenters. The lowest BCUT2D eigenvalue weighted by Crippen LogP contribution is -2.41. The second-order valence-electron chi connectivity index (χ2n) is 6.69. The van der Waals surface area contributed by atoms with Crippen molar-refractivity contribution in [1.29, 1.82) is 0 Å². The highest BCUT2D eigenvalue weighted by molar-refractivity contribution is 6.63. The highest BCUT2D eigenvalue weighted by Gasteiger charge is 2.53. The smallest absolute Gasteiger partial charge is 0.399 e. The molecule has 0 saturated carbocycles. The van der Waals surface area contributed by atoms with Crippen molar-refractivity contribution in [3.63, 3.8) is 0 Å². The van der Waals surface area contributed by atoms with Crippen LogP contribution in [0.5, 0.6) is 0 Å². The van der Waals surface area contributed by atoms with Gasteiger partial charge in [0.1, 0.15) is 0 Å². The van der Waals surface area contributed by atoms with Gasteiger partial charge in [0, 0.05) is 11.2 Å². The van der Waals surface area contributed by atoms with Gasteiger partial charge in [0.15, 0.2) is 0 Å². The summed E-state index contributed by atoms with van der Waals surface area (Å²) in [5, 5.41) is 12.3. The second-order valence-corrected chi connectivity index (χ2v) is 6.69. The van der Waals surface area contributed by atoms with E-state index in [-0.39, 0.29) is 11.2 Å². The molecule has 0 radical (unpaired) electrons. The highest BCUT2D eigenvalue weighted by Crippen LogP contribution is 2.37. The van der Waals surface area contributed by atoms with Gasteiger partial charge >= 0.3 is 7.12 Å². The lowest BCUT2D eigenvalue weighted by Gasteiger charge is -2.32. The first-order chi connectivity index (χ1) is 10.2. The lowest BCUT2D eigenvalue weighted by molar-refractivity contribution is 0.00578. The third-order valence-corrected chi connectivity index (χ3v) is 4.65. The molecule has 0 spiro atoms. The Kier molecular flexibility index (Phi) is 3.38. The summed E-state index contributed by atoms with van der Waals surface area (Å²) in [6, 6.07) is 1.88. The molecule has 3 heterocycles. The number of aromatic nitrogens is 4. The van der Waals surface area contributed by atoms with Crippen LogP contribution in [0.15, 0.2) is 18.5 Å². The average Bonchev–Trinajstić information content (AvgIpc) is 2.84. The molecule has 0 aromatic carbocycles. The molecule has 1 aliphatic rings. The van der Waals surface area contributed by atoms with Crippen LogP contribution in [0.1, 0.15) is 39.1 Å². The van der Waals surface area contributed by atoms with E-state index in [0.717, 1.165) is 22.5 Å². The lowest BCUT2D eigenvalue weighted by atomic mass is 9.77. The predicted octanol–water partition coefficient (Wildman–Crippen LogP) is 1.58. The van der Waals surface area contributed by atoms with Crippen molar-refractivity contribution in [2.24, 2.45) is 0 Å². The van der Waals surface area contributed by atoms with E-state index in [1.54, 1.807) is 12.4 Å². The van der Waals surface area contributed by atoms with Crippen LogP contribution in [-0.4, -0.2) is 38.3 Å². The summed E-state index contributed by atoms with van der Waals surface area (Å²) in [4.78, 5) is 0.